The minimum Gasteiger partial charge on any atom is -0.383 e. The number of allylic oxidation sites excluding steroid dienone is 1. The molecule has 1 aromatic heterocycles. The first-order valence-corrected chi connectivity index (χ1v) is 6.07. The van der Waals surface area contributed by atoms with Crippen molar-refractivity contribution in [2.75, 3.05) is 26.8 Å². The van der Waals surface area contributed by atoms with E-state index >= 15 is 0 Å². The Balaban J connectivity index is 2.17. The Labute approximate surface area is 104 Å². The topological polar surface area (TPSA) is 34.1 Å². The van der Waals surface area contributed by atoms with Gasteiger partial charge in [0.1, 0.15) is 0 Å². The average molecular weight is 234 g/mol. The molecule has 0 fully saturated rings. The van der Waals surface area contributed by atoms with Gasteiger partial charge in [-0.3, -0.25) is 4.98 Å². The van der Waals surface area contributed by atoms with Gasteiger partial charge in [-0.15, -0.1) is 0 Å². The molecule has 3 heteroatoms. The summed E-state index contributed by atoms with van der Waals surface area (Å²) >= 11 is 0. The molecule has 0 saturated heterocycles. The van der Waals surface area contributed by atoms with Gasteiger partial charge in [-0.25, -0.2) is 0 Å². The summed E-state index contributed by atoms with van der Waals surface area (Å²) in [6.45, 7) is 4.88. The summed E-state index contributed by atoms with van der Waals surface area (Å²) < 4.78 is 4.96. The SMILES string of the molecule is COCCNCC/C=C(/C)Cc1cccnc1. The van der Waals surface area contributed by atoms with Crippen LogP contribution in [0.4, 0.5) is 0 Å². The third-order valence-corrected chi connectivity index (χ3v) is 2.50. The predicted molar refractivity (Wildman–Crippen MR) is 71.1 cm³/mol. The van der Waals surface area contributed by atoms with E-state index in [1.165, 1.54) is 11.1 Å². The zero-order valence-electron chi connectivity index (χ0n) is 10.8. The van der Waals surface area contributed by atoms with Gasteiger partial charge in [0.2, 0.25) is 0 Å². The number of methoxy groups -OCH3 is 1. The molecule has 1 rings (SSSR count). The lowest BCUT2D eigenvalue weighted by Crippen LogP contribution is -2.19. The summed E-state index contributed by atoms with van der Waals surface area (Å²) in [5.41, 5.74) is 2.67. The van der Waals surface area contributed by atoms with E-state index < -0.39 is 0 Å². The van der Waals surface area contributed by atoms with Gasteiger partial charge in [0.25, 0.3) is 0 Å². The van der Waals surface area contributed by atoms with Crippen LogP contribution in [-0.2, 0) is 11.2 Å². The third-order valence-electron chi connectivity index (χ3n) is 2.50. The molecule has 0 spiro atoms. The molecule has 0 unspecified atom stereocenters. The Morgan fingerprint density at radius 3 is 3.06 bits per heavy atom. The van der Waals surface area contributed by atoms with Crippen molar-refractivity contribution in [2.24, 2.45) is 0 Å². The van der Waals surface area contributed by atoms with Crippen molar-refractivity contribution in [2.45, 2.75) is 19.8 Å². The maximum Gasteiger partial charge on any atom is 0.0587 e. The number of pyridine rings is 1. The summed E-state index contributed by atoms with van der Waals surface area (Å²) in [7, 11) is 1.72. The summed E-state index contributed by atoms with van der Waals surface area (Å²) in [5.74, 6) is 0. The van der Waals surface area contributed by atoms with Crippen LogP contribution in [0.2, 0.25) is 0 Å². The number of ether oxygens (including phenoxy) is 1. The van der Waals surface area contributed by atoms with Crippen molar-refractivity contribution in [3.8, 4) is 0 Å². The zero-order valence-corrected chi connectivity index (χ0v) is 10.8. The summed E-state index contributed by atoms with van der Waals surface area (Å²) in [5, 5.41) is 3.32. The molecule has 0 aliphatic carbocycles. The summed E-state index contributed by atoms with van der Waals surface area (Å²) in [6, 6.07) is 4.09. The number of aromatic nitrogens is 1. The van der Waals surface area contributed by atoms with E-state index in [4.69, 9.17) is 4.74 Å². The van der Waals surface area contributed by atoms with Crippen molar-refractivity contribution in [1.82, 2.24) is 10.3 Å². The van der Waals surface area contributed by atoms with E-state index in [1.807, 2.05) is 18.5 Å². The molecular formula is C14H22N2O. The molecule has 0 amide bonds. The van der Waals surface area contributed by atoms with Gasteiger partial charge in [-0.05, 0) is 37.9 Å². The molecule has 94 valence electrons. The second kappa shape index (κ2) is 8.90. The number of hydrogen-bond acceptors (Lipinski definition) is 3. The van der Waals surface area contributed by atoms with Crippen molar-refractivity contribution < 1.29 is 4.74 Å². The van der Waals surface area contributed by atoms with Crippen molar-refractivity contribution in [3.05, 3.63) is 41.7 Å². The van der Waals surface area contributed by atoms with Crippen LogP contribution in [0.25, 0.3) is 0 Å². The first kappa shape index (κ1) is 13.9. The minimum atomic E-state index is 0.776. The number of hydrogen-bond donors (Lipinski definition) is 1. The monoisotopic (exact) mass is 234 g/mol. The maximum atomic E-state index is 4.96. The maximum absolute atomic E-state index is 4.96. The van der Waals surface area contributed by atoms with E-state index in [0.717, 1.165) is 32.5 Å². The highest BCUT2D eigenvalue weighted by atomic mass is 16.5. The Kier molecular flexibility index (Phi) is 7.27. The van der Waals surface area contributed by atoms with Gasteiger partial charge in [-0.1, -0.05) is 17.7 Å². The van der Waals surface area contributed by atoms with Gasteiger partial charge >= 0.3 is 0 Å². The van der Waals surface area contributed by atoms with E-state index in [-0.39, 0.29) is 0 Å². The van der Waals surface area contributed by atoms with Gasteiger partial charge in [0, 0.05) is 26.0 Å². The first-order valence-electron chi connectivity index (χ1n) is 6.07. The van der Waals surface area contributed by atoms with Crippen molar-refractivity contribution >= 4 is 0 Å². The normalized spacial score (nSPS) is 11.8. The Morgan fingerprint density at radius 1 is 1.47 bits per heavy atom. The van der Waals surface area contributed by atoms with Crippen LogP contribution >= 0.6 is 0 Å². The average Bonchev–Trinajstić information content (AvgIpc) is 2.35. The van der Waals surface area contributed by atoms with E-state index in [0.29, 0.717) is 0 Å². The van der Waals surface area contributed by atoms with Gasteiger partial charge in [0.05, 0.1) is 6.61 Å². The molecule has 0 radical (unpaired) electrons. The lowest BCUT2D eigenvalue weighted by atomic mass is 10.1. The lowest BCUT2D eigenvalue weighted by molar-refractivity contribution is 0.199. The Hall–Kier alpha value is -1.19. The van der Waals surface area contributed by atoms with E-state index in [2.05, 4.69) is 29.4 Å². The molecule has 3 nitrogen and oxygen atoms in total. The fraction of sp³-hybridized carbons (Fsp3) is 0.500. The highest BCUT2D eigenvalue weighted by Crippen LogP contribution is 2.06. The Morgan fingerprint density at radius 2 is 2.35 bits per heavy atom. The van der Waals surface area contributed by atoms with Crippen LogP contribution in [0.3, 0.4) is 0 Å². The van der Waals surface area contributed by atoms with Crippen molar-refractivity contribution in [3.63, 3.8) is 0 Å². The largest absolute Gasteiger partial charge is 0.383 e. The van der Waals surface area contributed by atoms with Gasteiger partial charge < -0.3 is 10.1 Å². The van der Waals surface area contributed by atoms with Crippen LogP contribution in [0, 0.1) is 0 Å². The molecule has 0 saturated carbocycles. The zero-order chi connectivity index (χ0) is 12.3. The number of rotatable bonds is 8. The van der Waals surface area contributed by atoms with Crippen molar-refractivity contribution in [1.29, 1.82) is 0 Å². The number of nitrogens with one attached hydrogen (secondary N) is 1. The second-order valence-electron chi connectivity index (χ2n) is 4.12. The van der Waals surface area contributed by atoms with Crippen LogP contribution < -0.4 is 5.32 Å². The fourth-order valence-electron chi connectivity index (χ4n) is 1.62. The summed E-state index contributed by atoms with van der Waals surface area (Å²) in [6.07, 6.45) is 8.07. The Bertz CT molecular complexity index is 322. The van der Waals surface area contributed by atoms with E-state index in [9.17, 15) is 0 Å². The summed E-state index contributed by atoms with van der Waals surface area (Å²) in [4.78, 5) is 4.11. The molecule has 1 heterocycles. The lowest BCUT2D eigenvalue weighted by Gasteiger charge is -2.03. The molecule has 0 aliphatic rings. The molecular weight excluding hydrogens is 212 g/mol. The quantitative estimate of drug-likeness (QED) is 0.553. The van der Waals surface area contributed by atoms with Gasteiger partial charge in [-0.2, -0.15) is 0 Å². The molecule has 0 aliphatic heterocycles. The van der Waals surface area contributed by atoms with E-state index in [1.54, 1.807) is 7.11 Å². The molecule has 0 aromatic carbocycles. The van der Waals surface area contributed by atoms with Crippen LogP contribution in [0.5, 0.6) is 0 Å². The van der Waals surface area contributed by atoms with Crippen LogP contribution in [0.1, 0.15) is 18.9 Å². The molecule has 1 N–H and O–H groups in total. The van der Waals surface area contributed by atoms with Crippen LogP contribution in [0.15, 0.2) is 36.2 Å². The molecule has 1 aromatic rings. The molecule has 0 bridgehead atoms. The fourth-order valence-corrected chi connectivity index (χ4v) is 1.62. The highest BCUT2D eigenvalue weighted by molar-refractivity contribution is 5.17. The third kappa shape index (κ3) is 6.87. The standard InChI is InChI=1S/C14H22N2O/c1-13(5-3-7-15-9-10-17-2)11-14-6-4-8-16-12-14/h4-6,8,12,15H,3,7,9-11H2,1-2H3/b13-5-. The molecule has 0 atom stereocenters. The second-order valence-corrected chi connectivity index (χ2v) is 4.12. The predicted octanol–water partition coefficient (Wildman–Crippen LogP) is 2.20. The first-order chi connectivity index (χ1) is 8.33. The minimum absolute atomic E-state index is 0.776. The molecule has 17 heavy (non-hydrogen) atoms. The number of nitrogens with zero attached hydrogens (tertiary/aromatic N) is 1. The van der Waals surface area contributed by atoms with Crippen LogP contribution in [-0.4, -0.2) is 31.8 Å². The highest BCUT2D eigenvalue weighted by Gasteiger charge is 1.94. The van der Waals surface area contributed by atoms with Gasteiger partial charge in [0.15, 0.2) is 0 Å². The smallest absolute Gasteiger partial charge is 0.0587 e.